The van der Waals surface area contributed by atoms with Crippen LogP contribution >= 0.6 is 0 Å². The zero-order valence-electron chi connectivity index (χ0n) is 10.1. The van der Waals surface area contributed by atoms with Crippen molar-refractivity contribution in [2.24, 2.45) is 0 Å². The van der Waals surface area contributed by atoms with E-state index in [-0.39, 0.29) is 5.56 Å². The molecule has 5 heteroatoms. The summed E-state index contributed by atoms with van der Waals surface area (Å²) in [6.45, 7) is 1.92. The number of carboxylic acid groups (broad SMARTS) is 1. The zero-order valence-corrected chi connectivity index (χ0v) is 10.1. The fourth-order valence-electron chi connectivity index (χ4n) is 1.87. The lowest BCUT2D eigenvalue weighted by molar-refractivity contribution is 0.0697. The molecule has 3 aromatic rings. The Hall–Kier alpha value is -2.69. The van der Waals surface area contributed by atoms with Crippen LogP contribution in [0, 0.1) is 6.92 Å². The van der Waals surface area contributed by atoms with Crippen LogP contribution in [0.4, 0.5) is 0 Å². The molecule has 0 saturated carbocycles. The summed E-state index contributed by atoms with van der Waals surface area (Å²) in [5.41, 5.74) is 2.86. The van der Waals surface area contributed by atoms with Gasteiger partial charge in [-0.25, -0.2) is 9.78 Å². The molecule has 0 spiro atoms. The van der Waals surface area contributed by atoms with Crippen molar-refractivity contribution < 1.29 is 14.3 Å². The van der Waals surface area contributed by atoms with Crippen LogP contribution < -0.4 is 0 Å². The first-order chi connectivity index (χ1) is 9.15. The van der Waals surface area contributed by atoms with Gasteiger partial charge in [0.25, 0.3) is 0 Å². The SMILES string of the molecule is Cc1cccnc1-c1nc2cc(C(=O)O)ccc2o1. The number of aryl methyl sites for hydroxylation is 1. The van der Waals surface area contributed by atoms with E-state index in [2.05, 4.69) is 9.97 Å². The number of pyridine rings is 1. The van der Waals surface area contributed by atoms with Crippen LogP contribution in [0.5, 0.6) is 0 Å². The topological polar surface area (TPSA) is 76.2 Å². The molecular weight excluding hydrogens is 244 g/mol. The Bertz CT molecular complexity index is 777. The summed E-state index contributed by atoms with van der Waals surface area (Å²) in [6.07, 6.45) is 1.67. The summed E-state index contributed by atoms with van der Waals surface area (Å²) in [6, 6.07) is 8.34. The Morgan fingerprint density at radius 2 is 2.16 bits per heavy atom. The van der Waals surface area contributed by atoms with Crippen molar-refractivity contribution in [2.45, 2.75) is 6.92 Å². The van der Waals surface area contributed by atoms with Gasteiger partial charge >= 0.3 is 5.97 Å². The Morgan fingerprint density at radius 3 is 2.89 bits per heavy atom. The van der Waals surface area contributed by atoms with E-state index in [0.29, 0.717) is 22.7 Å². The average Bonchev–Trinajstić information content (AvgIpc) is 2.81. The molecule has 94 valence electrons. The predicted molar refractivity (Wildman–Crippen MR) is 68.9 cm³/mol. The van der Waals surface area contributed by atoms with Crippen molar-refractivity contribution in [3.63, 3.8) is 0 Å². The highest BCUT2D eigenvalue weighted by atomic mass is 16.4. The lowest BCUT2D eigenvalue weighted by Crippen LogP contribution is -1.94. The van der Waals surface area contributed by atoms with Crippen molar-refractivity contribution >= 4 is 17.1 Å². The molecule has 5 nitrogen and oxygen atoms in total. The number of carboxylic acids is 1. The van der Waals surface area contributed by atoms with Crippen molar-refractivity contribution in [1.82, 2.24) is 9.97 Å². The number of rotatable bonds is 2. The molecule has 0 atom stereocenters. The third-order valence-electron chi connectivity index (χ3n) is 2.85. The van der Waals surface area contributed by atoms with Gasteiger partial charge in [0.15, 0.2) is 5.58 Å². The van der Waals surface area contributed by atoms with E-state index in [1.807, 2.05) is 19.1 Å². The predicted octanol–water partition coefficient (Wildman–Crippen LogP) is 2.90. The van der Waals surface area contributed by atoms with Crippen molar-refractivity contribution in [3.05, 3.63) is 47.7 Å². The van der Waals surface area contributed by atoms with Gasteiger partial charge in [0, 0.05) is 6.20 Å². The lowest BCUT2D eigenvalue weighted by Gasteiger charge is -1.97. The molecule has 0 radical (unpaired) electrons. The highest BCUT2D eigenvalue weighted by Gasteiger charge is 2.13. The first-order valence-corrected chi connectivity index (χ1v) is 5.71. The summed E-state index contributed by atoms with van der Waals surface area (Å²) >= 11 is 0. The number of hydrogen-bond donors (Lipinski definition) is 1. The highest BCUT2D eigenvalue weighted by molar-refractivity contribution is 5.92. The van der Waals surface area contributed by atoms with E-state index in [1.54, 1.807) is 12.3 Å². The van der Waals surface area contributed by atoms with E-state index >= 15 is 0 Å². The number of fused-ring (bicyclic) bond motifs is 1. The molecule has 0 aliphatic carbocycles. The van der Waals surface area contributed by atoms with Crippen LogP contribution in [0.1, 0.15) is 15.9 Å². The van der Waals surface area contributed by atoms with Crippen molar-refractivity contribution in [2.75, 3.05) is 0 Å². The number of aromatic nitrogens is 2. The molecule has 1 N–H and O–H groups in total. The van der Waals surface area contributed by atoms with Crippen LogP contribution in [-0.2, 0) is 0 Å². The van der Waals surface area contributed by atoms with Gasteiger partial charge in [0.05, 0.1) is 5.56 Å². The molecule has 0 fully saturated rings. The van der Waals surface area contributed by atoms with Crippen LogP contribution in [-0.4, -0.2) is 21.0 Å². The fourth-order valence-corrected chi connectivity index (χ4v) is 1.87. The van der Waals surface area contributed by atoms with Gasteiger partial charge in [0.2, 0.25) is 5.89 Å². The molecule has 0 amide bonds. The summed E-state index contributed by atoms with van der Waals surface area (Å²) in [4.78, 5) is 19.4. The van der Waals surface area contributed by atoms with Crippen LogP contribution in [0.15, 0.2) is 40.9 Å². The monoisotopic (exact) mass is 254 g/mol. The largest absolute Gasteiger partial charge is 0.478 e. The zero-order chi connectivity index (χ0) is 13.4. The molecular formula is C14H10N2O3. The number of nitrogens with zero attached hydrogens (tertiary/aromatic N) is 2. The minimum absolute atomic E-state index is 0.185. The van der Waals surface area contributed by atoms with Crippen LogP contribution in [0.3, 0.4) is 0 Å². The van der Waals surface area contributed by atoms with Crippen LogP contribution in [0.25, 0.3) is 22.7 Å². The van der Waals surface area contributed by atoms with Gasteiger partial charge in [-0.2, -0.15) is 0 Å². The smallest absolute Gasteiger partial charge is 0.335 e. The van der Waals surface area contributed by atoms with Gasteiger partial charge in [-0.15, -0.1) is 0 Å². The molecule has 0 bridgehead atoms. The first kappa shape index (κ1) is 11.4. The quantitative estimate of drug-likeness (QED) is 0.760. The number of hydrogen-bond acceptors (Lipinski definition) is 4. The van der Waals surface area contributed by atoms with Gasteiger partial charge in [0.1, 0.15) is 11.2 Å². The number of aromatic carboxylic acids is 1. The van der Waals surface area contributed by atoms with Crippen molar-refractivity contribution in [1.29, 1.82) is 0 Å². The maximum absolute atomic E-state index is 10.9. The van der Waals surface area contributed by atoms with E-state index < -0.39 is 5.97 Å². The van der Waals surface area contributed by atoms with E-state index in [1.165, 1.54) is 12.1 Å². The molecule has 19 heavy (non-hydrogen) atoms. The third-order valence-corrected chi connectivity index (χ3v) is 2.85. The second-order valence-corrected chi connectivity index (χ2v) is 4.18. The summed E-state index contributed by atoms with van der Waals surface area (Å²) in [7, 11) is 0. The molecule has 0 aliphatic rings. The molecule has 3 rings (SSSR count). The Kier molecular flexibility index (Phi) is 2.52. The first-order valence-electron chi connectivity index (χ1n) is 5.71. The van der Waals surface area contributed by atoms with Crippen LogP contribution in [0.2, 0.25) is 0 Å². The average molecular weight is 254 g/mol. The maximum Gasteiger partial charge on any atom is 0.335 e. The second-order valence-electron chi connectivity index (χ2n) is 4.18. The Morgan fingerprint density at radius 1 is 1.32 bits per heavy atom. The molecule has 1 aromatic carbocycles. The second kappa shape index (κ2) is 4.20. The van der Waals surface area contributed by atoms with Crippen molar-refractivity contribution in [3.8, 4) is 11.6 Å². The van der Waals surface area contributed by atoms with Gasteiger partial charge in [-0.05, 0) is 36.8 Å². The lowest BCUT2D eigenvalue weighted by atomic mass is 10.2. The van der Waals surface area contributed by atoms with Gasteiger partial charge in [-0.3, -0.25) is 4.98 Å². The van der Waals surface area contributed by atoms with E-state index in [0.717, 1.165) is 5.56 Å². The fraction of sp³-hybridized carbons (Fsp3) is 0.0714. The number of oxazole rings is 1. The maximum atomic E-state index is 10.9. The number of carbonyl (C=O) groups is 1. The minimum atomic E-state index is -0.986. The minimum Gasteiger partial charge on any atom is -0.478 e. The highest BCUT2D eigenvalue weighted by Crippen LogP contribution is 2.25. The molecule has 0 aliphatic heterocycles. The standard InChI is InChI=1S/C14H10N2O3/c1-8-3-2-6-15-12(8)13-16-10-7-9(14(17)18)4-5-11(10)19-13/h2-7H,1H3,(H,17,18). The third kappa shape index (κ3) is 1.95. The van der Waals surface area contributed by atoms with Gasteiger partial charge < -0.3 is 9.52 Å². The summed E-state index contributed by atoms with van der Waals surface area (Å²) < 4.78 is 5.60. The van der Waals surface area contributed by atoms with E-state index in [4.69, 9.17) is 9.52 Å². The molecule has 2 aromatic heterocycles. The Balaban J connectivity index is 2.17. The van der Waals surface area contributed by atoms with Gasteiger partial charge in [-0.1, -0.05) is 6.07 Å². The van der Waals surface area contributed by atoms with E-state index in [9.17, 15) is 4.79 Å². The molecule has 2 heterocycles. The summed E-state index contributed by atoms with van der Waals surface area (Å²) in [5, 5.41) is 8.94. The Labute approximate surface area is 108 Å². The molecule has 0 unspecified atom stereocenters. The number of benzene rings is 1. The summed E-state index contributed by atoms with van der Waals surface area (Å²) in [5.74, 6) is -0.587. The normalized spacial score (nSPS) is 10.8. The molecule has 0 saturated heterocycles.